The van der Waals surface area contributed by atoms with Crippen LogP contribution in [-0.2, 0) is 0 Å². The highest BCUT2D eigenvalue weighted by molar-refractivity contribution is 6.36. The third-order valence-electron chi connectivity index (χ3n) is 3.18. The molecule has 0 aromatic heterocycles. The molecule has 1 aromatic rings. The standard InChI is InChI=1S/C13H12N2O2/c16-11-8-4-1-2-5-9(8)12(17)10(11)13-14-6-3-7-15-13/h1-2,4-5,10H,3,6-7H2,(H,14,15). The number of carbonyl (C=O) groups excluding carboxylic acids is 2. The Hall–Kier alpha value is -1.97. The number of benzene rings is 1. The van der Waals surface area contributed by atoms with E-state index in [1.54, 1.807) is 24.3 Å². The van der Waals surface area contributed by atoms with Gasteiger partial charge in [-0.1, -0.05) is 24.3 Å². The summed E-state index contributed by atoms with van der Waals surface area (Å²) in [5, 5.41) is 3.07. The smallest absolute Gasteiger partial charge is 0.182 e. The molecule has 17 heavy (non-hydrogen) atoms. The number of rotatable bonds is 1. The van der Waals surface area contributed by atoms with Gasteiger partial charge in [-0.15, -0.1) is 0 Å². The second-order valence-electron chi connectivity index (χ2n) is 4.25. The van der Waals surface area contributed by atoms with Crippen LogP contribution in [0, 0.1) is 5.92 Å². The molecule has 0 unspecified atom stereocenters. The molecule has 0 spiro atoms. The molecule has 3 rings (SSSR count). The van der Waals surface area contributed by atoms with Gasteiger partial charge in [-0.2, -0.15) is 0 Å². The number of aliphatic imine (C=N–C) groups is 1. The fourth-order valence-corrected chi connectivity index (χ4v) is 2.34. The number of hydrogen-bond acceptors (Lipinski definition) is 4. The number of ketones is 2. The molecule has 86 valence electrons. The molecule has 1 heterocycles. The van der Waals surface area contributed by atoms with Gasteiger partial charge in [-0.05, 0) is 6.42 Å². The lowest BCUT2D eigenvalue weighted by Gasteiger charge is -2.17. The summed E-state index contributed by atoms with van der Waals surface area (Å²) in [5.41, 5.74) is 1.05. The summed E-state index contributed by atoms with van der Waals surface area (Å²) in [7, 11) is 0. The van der Waals surface area contributed by atoms with Gasteiger partial charge < -0.3 is 5.32 Å². The van der Waals surface area contributed by atoms with Crippen molar-refractivity contribution in [1.82, 2.24) is 5.32 Å². The summed E-state index contributed by atoms with van der Waals surface area (Å²) < 4.78 is 0. The van der Waals surface area contributed by atoms with E-state index in [-0.39, 0.29) is 11.6 Å². The number of Topliss-reactive ketones (excluding diaryl/α,β-unsaturated/α-hetero) is 2. The van der Waals surface area contributed by atoms with E-state index >= 15 is 0 Å². The Morgan fingerprint density at radius 1 is 1.12 bits per heavy atom. The molecule has 0 fully saturated rings. The molecule has 0 atom stereocenters. The fourth-order valence-electron chi connectivity index (χ4n) is 2.34. The number of carbonyl (C=O) groups is 2. The van der Waals surface area contributed by atoms with Crippen LogP contribution in [0.5, 0.6) is 0 Å². The van der Waals surface area contributed by atoms with Crippen molar-refractivity contribution in [1.29, 1.82) is 0 Å². The van der Waals surface area contributed by atoms with Crippen LogP contribution in [0.2, 0.25) is 0 Å². The van der Waals surface area contributed by atoms with E-state index in [1.807, 2.05) is 0 Å². The molecule has 1 aliphatic carbocycles. The van der Waals surface area contributed by atoms with E-state index in [2.05, 4.69) is 10.3 Å². The molecule has 0 saturated carbocycles. The zero-order valence-electron chi connectivity index (χ0n) is 9.27. The Bertz CT molecular complexity index is 499. The zero-order chi connectivity index (χ0) is 11.8. The molecule has 0 amide bonds. The molecule has 1 aliphatic heterocycles. The summed E-state index contributed by atoms with van der Waals surface area (Å²) in [6.45, 7) is 1.47. The van der Waals surface area contributed by atoms with Gasteiger partial charge in [0, 0.05) is 24.2 Å². The van der Waals surface area contributed by atoms with Crippen molar-refractivity contribution in [3.8, 4) is 0 Å². The van der Waals surface area contributed by atoms with Crippen molar-refractivity contribution in [2.75, 3.05) is 13.1 Å². The van der Waals surface area contributed by atoms with Crippen LogP contribution in [0.3, 0.4) is 0 Å². The van der Waals surface area contributed by atoms with Crippen LogP contribution in [0.25, 0.3) is 0 Å². The quantitative estimate of drug-likeness (QED) is 0.731. The predicted molar refractivity (Wildman–Crippen MR) is 63.5 cm³/mol. The maximum Gasteiger partial charge on any atom is 0.182 e. The van der Waals surface area contributed by atoms with E-state index in [0.29, 0.717) is 23.5 Å². The van der Waals surface area contributed by atoms with E-state index in [9.17, 15) is 9.59 Å². The highest BCUT2D eigenvalue weighted by Gasteiger charge is 2.41. The van der Waals surface area contributed by atoms with E-state index in [4.69, 9.17) is 0 Å². The molecular formula is C13H12N2O2. The maximum absolute atomic E-state index is 12.2. The Kier molecular flexibility index (Phi) is 2.28. The lowest BCUT2D eigenvalue weighted by molar-refractivity contribution is 0.0881. The Labute approximate surface area is 98.7 Å². The van der Waals surface area contributed by atoms with Crippen molar-refractivity contribution in [2.45, 2.75) is 6.42 Å². The van der Waals surface area contributed by atoms with Crippen molar-refractivity contribution < 1.29 is 9.59 Å². The Balaban J connectivity index is 2.03. The minimum atomic E-state index is -0.729. The van der Waals surface area contributed by atoms with Crippen LogP contribution in [-0.4, -0.2) is 30.5 Å². The van der Waals surface area contributed by atoms with Crippen LogP contribution < -0.4 is 5.32 Å². The topological polar surface area (TPSA) is 58.5 Å². The molecule has 0 bridgehead atoms. The van der Waals surface area contributed by atoms with E-state index < -0.39 is 5.92 Å². The van der Waals surface area contributed by atoms with Crippen molar-refractivity contribution >= 4 is 17.4 Å². The van der Waals surface area contributed by atoms with Crippen LogP contribution in [0.15, 0.2) is 29.3 Å². The van der Waals surface area contributed by atoms with Gasteiger partial charge in [-0.3, -0.25) is 14.6 Å². The second-order valence-corrected chi connectivity index (χ2v) is 4.25. The van der Waals surface area contributed by atoms with Crippen molar-refractivity contribution in [2.24, 2.45) is 10.9 Å². The number of amidine groups is 1. The monoisotopic (exact) mass is 228 g/mol. The molecule has 0 saturated heterocycles. The SMILES string of the molecule is O=C1c2ccccc2C(=O)C1C1=NCCCN1. The number of fused-ring (bicyclic) bond motifs is 1. The normalized spacial score (nSPS) is 19.9. The lowest BCUT2D eigenvalue weighted by atomic mass is 10.0. The number of nitrogens with zero attached hydrogens (tertiary/aromatic N) is 1. The highest BCUT2D eigenvalue weighted by atomic mass is 16.2. The minimum absolute atomic E-state index is 0.126. The van der Waals surface area contributed by atoms with Gasteiger partial charge in [0.2, 0.25) is 0 Å². The van der Waals surface area contributed by atoms with Gasteiger partial charge in [0.1, 0.15) is 11.8 Å². The molecule has 1 aromatic carbocycles. The first-order valence-electron chi connectivity index (χ1n) is 5.75. The third kappa shape index (κ3) is 1.48. The van der Waals surface area contributed by atoms with Gasteiger partial charge >= 0.3 is 0 Å². The van der Waals surface area contributed by atoms with Crippen molar-refractivity contribution in [3.05, 3.63) is 35.4 Å². The van der Waals surface area contributed by atoms with E-state index in [1.165, 1.54) is 0 Å². The highest BCUT2D eigenvalue weighted by Crippen LogP contribution is 2.27. The molecule has 0 radical (unpaired) electrons. The molecule has 2 aliphatic rings. The Morgan fingerprint density at radius 3 is 2.29 bits per heavy atom. The van der Waals surface area contributed by atoms with E-state index in [0.717, 1.165) is 13.0 Å². The van der Waals surface area contributed by atoms with Crippen LogP contribution >= 0.6 is 0 Å². The molecule has 4 nitrogen and oxygen atoms in total. The molecule has 1 N–H and O–H groups in total. The fraction of sp³-hybridized carbons (Fsp3) is 0.308. The first-order chi connectivity index (χ1) is 8.29. The van der Waals surface area contributed by atoms with Gasteiger partial charge in [-0.25, -0.2) is 0 Å². The second kappa shape index (κ2) is 3.80. The summed E-state index contributed by atoms with van der Waals surface area (Å²) in [6.07, 6.45) is 0.950. The summed E-state index contributed by atoms with van der Waals surface area (Å²) >= 11 is 0. The first kappa shape index (κ1) is 10.2. The summed E-state index contributed by atoms with van der Waals surface area (Å²) in [5.74, 6) is -0.437. The summed E-state index contributed by atoms with van der Waals surface area (Å²) in [4.78, 5) is 28.6. The summed E-state index contributed by atoms with van der Waals surface area (Å²) in [6, 6.07) is 6.98. The van der Waals surface area contributed by atoms with Gasteiger partial charge in [0.25, 0.3) is 0 Å². The average molecular weight is 228 g/mol. The van der Waals surface area contributed by atoms with Crippen LogP contribution in [0.1, 0.15) is 27.1 Å². The van der Waals surface area contributed by atoms with Gasteiger partial charge in [0.15, 0.2) is 11.6 Å². The predicted octanol–water partition coefficient (Wildman–Crippen LogP) is 1.07. The zero-order valence-corrected chi connectivity index (χ0v) is 9.27. The van der Waals surface area contributed by atoms with Gasteiger partial charge in [0.05, 0.1) is 0 Å². The number of hydrogen-bond donors (Lipinski definition) is 1. The molecule has 4 heteroatoms. The average Bonchev–Trinajstić information content (AvgIpc) is 2.64. The first-order valence-corrected chi connectivity index (χ1v) is 5.75. The molecular weight excluding hydrogens is 216 g/mol. The Morgan fingerprint density at radius 2 is 1.76 bits per heavy atom. The largest absolute Gasteiger partial charge is 0.373 e. The third-order valence-corrected chi connectivity index (χ3v) is 3.18. The number of nitrogens with one attached hydrogen (secondary N) is 1. The van der Waals surface area contributed by atoms with Crippen LogP contribution in [0.4, 0.5) is 0 Å². The lowest BCUT2D eigenvalue weighted by Crippen LogP contribution is -2.40. The maximum atomic E-state index is 12.2. The minimum Gasteiger partial charge on any atom is -0.373 e. The van der Waals surface area contributed by atoms with Crippen molar-refractivity contribution in [3.63, 3.8) is 0 Å².